The van der Waals surface area contributed by atoms with Gasteiger partial charge < -0.3 is 9.26 Å². The van der Waals surface area contributed by atoms with Crippen LogP contribution in [-0.4, -0.2) is 31.5 Å². The van der Waals surface area contributed by atoms with Crippen LogP contribution in [0.15, 0.2) is 42.5 Å². The van der Waals surface area contributed by atoms with E-state index in [4.69, 9.17) is 16.8 Å². The summed E-state index contributed by atoms with van der Waals surface area (Å²) in [5.74, 6) is -0.0119. The van der Waals surface area contributed by atoms with E-state index in [-0.39, 0.29) is 35.8 Å². The van der Waals surface area contributed by atoms with Crippen molar-refractivity contribution >= 4 is 36.0 Å². The summed E-state index contributed by atoms with van der Waals surface area (Å²) in [4.78, 5) is 23.8. The molecule has 2 aliphatic rings. The number of carbonyl (C=O) groups is 2. The van der Waals surface area contributed by atoms with Crippen LogP contribution < -0.4 is 0 Å². The Morgan fingerprint density at radius 3 is 2.88 bits per heavy atom. The van der Waals surface area contributed by atoms with E-state index in [1.165, 1.54) is 0 Å². The van der Waals surface area contributed by atoms with Crippen LogP contribution in [0.25, 0.3) is 0 Å². The number of ketones is 1. The van der Waals surface area contributed by atoms with Crippen LogP contribution in [0.2, 0.25) is 0 Å². The van der Waals surface area contributed by atoms with Gasteiger partial charge in [0.15, 0.2) is 13.3 Å². The molecule has 1 aliphatic carbocycles. The van der Waals surface area contributed by atoms with Crippen LogP contribution in [0.5, 0.6) is 0 Å². The molecule has 3 rings (SSSR count). The molecule has 1 aromatic rings. The van der Waals surface area contributed by atoms with Crippen LogP contribution in [0.4, 0.5) is 0 Å². The molecule has 2 radical (unpaired) electrons. The minimum absolute atomic E-state index is 0.00812. The molecule has 2 fully saturated rings. The van der Waals surface area contributed by atoms with Gasteiger partial charge in [-0.15, -0.1) is 0 Å². The van der Waals surface area contributed by atoms with Crippen LogP contribution in [0.1, 0.15) is 24.8 Å². The summed E-state index contributed by atoms with van der Waals surface area (Å²) in [6.07, 6.45) is 5.54. The Labute approximate surface area is 153 Å². The van der Waals surface area contributed by atoms with Crippen LogP contribution in [-0.2, 0) is 25.3 Å². The third-order valence-corrected chi connectivity index (χ3v) is 5.69. The number of rotatable bonds is 7. The van der Waals surface area contributed by atoms with Crippen molar-refractivity contribution in [3.8, 4) is 0 Å². The molecular weight excluding hydrogens is 353 g/mol. The molecule has 25 heavy (non-hydrogen) atoms. The van der Waals surface area contributed by atoms with Crippen molar-refractivity contribution in [3.05, 3.63) is 48.0 Å². The molecule has 0 bridgehead atoms. The molecule has 1 saturated carbocycles. The molecule has 1 heterocycles. The van der Waals surface area contributed by atoms with E-state index >= 15 is 0 Å². The molecule has 130 valence electrons. The minimum atomic E-state index is -1.07. The van der Waals surface area contributed by atoms with Gasteiger partial charge in [-0.3, -0.25) is 9.59 Å². The Morgan fingerprint density at radius 1 is 1.40 bits per heavy atom. The molecule has 6 atom stereocenters. The molecule has 1 saturated heterocycles. The average Bonchev–Trinajstić information content (AvgIpc) is 3.07. The van der Waals surface area contributed by atoms with Gasteiger partial charge in [-0.1, -0.05) is 45.3 Å². The zero-order valence-corrected chi connectivity index (χ0v) is 16.0. The summed E-state index contributed by atoms with van der Waals surface area (Å²) >= 11 is 0. The van der Waals surface area contributed by atoms with Gasteiger partial charge in [-0.2, -0.15) is 0 Å². The first-order valence-corrected chi connectivity index (χ1v) is 11.4. The lowest BCUT2D eigenvalue weighted by atomic mass is 9.91. The summed E-state index contributed by atoms with van der Waals surface area (Å²) in [7, 11) is 7.19. The molecule has 0 spiro atoms. The van der Waals surface area contributed by atoms with E-state index < -0.39 is 7.72 Å². The largest absolute Gasteiger partial charge is 0.462 e. The van der Waals surface area contributed by atoms with Crippen molar-refractivity contribution in [1.82, 2.24) is 0 Å². The normalized spacial score (nSPS) is 29.6. The van der Waals surface area contributed by atoms with Gasteiger partial charge in [-0.25, -0.2) is 0 Å². The molecule has 4 nitrogen and oxygen atoms in total. The molecule has 1 aromatic carbocycles. The number of aryl methyl sites for hydroxylation is 1. The summed E-state index contributed by atoms with van der Waals surface area (Å²) in [6.45, 7) is 0. The Hall–Kier alpha value is -1.02. The van der Waals surface area contributed by atoms with Crippen molar-refractivity contribution in [2.45, 2.75) is 37.9 Å². The number of allylic oxidation sites excluding steroid dienone is 1. The van der Waals surface area contributed by atoms with E-state index in [1.807, 2.05) is 36.4 Å². The van der Waals surface area contributed by atoms with Crippen molar-refractivity contribution < 1.29 is 18.8 Å². The molecule has 0 N–H and O–H groups in total. The van der Waals surface area contributed by atoms with E-state index in [0.717, 1.165) is 12.0 Å². The predicted octanol–water partition coefficient (Wildman–Crippen LogP) is 3.35. The van der Waals surface area contributed by atoms with Crippen molar-refractivity contribution in [1.29, 1.82) is 0 Å². The van der Waals surface area contributed by atoms with Crippen LogP contribution in [0, 0.1) is 11.8 Å². The van der Waals surface area contributed by atoms with E-state index in [2.05, 4.69) is 8.93 Å². The van der Waals surface area contributed by atoms with Crippen molar-refractivity contribution in [3.63, 3.8) is 0 Å². The number of hydrogen-bond donors (Lipinski definition) is 0. The maximum absolute atomic E-state index is 12.2. The second-order valence-electron chi connectivity index (χ2n) is 6.52. The topological polar surface area (TPSA) is 52.6 Å². The van der Waals surface area contributed by atoms with Crippen molar-refractivity contribution in [2.75, 3.05) is 0 Å². The lowest BCUT2D eigenvalue weighted by molar-refractivity contribution is -0.141. The summed E-state index contributed by atoms with van der Waals surface area (Å²) in [5, 5.41) is 0. The van der Waals surface area contributed by atoms with Gasteiger partial charge in [-0.05, 0) is 25.8 Å². The maximum atomic E-state index is 12.2. The number of hydrogen-bond acceptors (Lipinski definition) is 4. The zero-order chi connectivity index (χ0) is 17.8. The molecule has 7 heteroatoms. The monoisotopic (exact) mass is 374 g/mol. The summed E-state index contributed by atoms with van der Waals surface area (Å²) < 4.78 is 11.2. The Bertz CT molecular complexity index is 650. The lowest BCUT2D eigenvalue weighted by Gasteiger charge is -2.22. The molecule has 1 aliphatic heterocycles. The van der Waals surface area contributed by atoms with Gasteiger partial charge in [0.1, 0.15) is 6.10 Å². The van der Waals surface area contributed by atoms with Gasteiger partial charge in [0.25, 0.3) is 0 Å². The number of esters is 1. The molecule has 0 aromatic heterocycles. The first-order valence-electron chi connectivity index (χ1n) is 8.43. The van der Waals surface area contributed by atoms with Gasteiger partial charge in [0, 0.05) is 24.7 Å². The van der Waals surface area contributed by atoms with Crippen LogP contribution in [0.3, 0.4) is 0 Å². The highest BCUT2D eigenvalue weighted by Crippen LogP contribution is 2.50. The van der Waals surface area contributed by atoms with E-state index in [1.54, 1.807) is 6.08 Å². The number of benzene rings is 1. The fourth-order valence-electron chi connectivity index (χ4n) is 3.65. The highest BCUT2D eigenvalue weighted by molar-refractivity contribution is 8.23. The number of fused-ring (bicyclic) bond motifs is 1. The van der Waals surface area contributed by atoms with E-state index in [0.29, 0.717) is 19.3 Å². The number of ether oxygens (including phenoxy) is 1. The van der Waals surface area contributed by atoms with Crippen LogP contribution >= 0.6 is 16.6 Å². The first kappa shape index (κ1) is 18.8. The molecular formula is C18H21BO4P2. The maximum Gasteiger partial charge on any atom is 0.306 e. The van der Waals surface area contributed by atoms with E-state index in [9.17, 15) is 9.59 Å². The molecule has 3 unspecified atom stereocenters. The summed E-state index contributed by atoms with van der Waals surface area (Å²) in [5.41, 5.74) is 1.15. The zero-order valence-electron chi connectivity index (χ0n) is 13.9. The smallest absolute Gasteiger partial charge is 0.306 e. The molecule has 0 amide bonds. The first-order chi connectivity index (χ1) is 12.0. The Balaban J connectivity index is 1.60. The third kappa shape index (κ3) is 5.00. The number of carbonyl (C=O) groups excluding carboxylic acids is 2. The van der Waals surface area contributed by atoms with Crippen molar-refractivity contribution in [2.24, 2.45) is 11.8 Å². The summed E-state index contributed by atoms with van der Waals surface area (Å²) in [6, 6.07) is 9.95. The lowest BCUT2D eigenvalue weighted by Crippen LogP contribution is -2.19. The Morgan fingerprint density at radius 2 is 2.16 bits per heavy atom. The standard InChI is InChI=1S/C18H21BO4P2/c19-25(24)23-17-11-16-15(10-18(21)22-16)14(17)9-8-13(20)7-6-12-4-2-1-3-5-12/h1-5,8-9,14-17H,6-7,10-11,24H2/b9-8+/t14?,15-,16+,17-,25?/m1/s1. The predicted molar refractivity (Wildman–Crippen MR) is 102 cm³/mol. The highest BCUT2D eigenvalue weighted by atomic mass is 32.0. The fraction of sp³-hybridized carbons (Fsp3) is 0.444. The quantitative estimate of drug-likeness (QED) is 0.318. The highest BCUT2D eigenvalue weighted by Gasteiger charge is 2.49. The third-order valence-electron chi connectivity index (χ3n) is 4.82. The minimum Gasteiger partial charge on any atom is -0.462 e. The second-order valence-corrected chi connectivity index (χ2v) is 8.98. The second kappa shape index (κ2) is 8.58. The average molecular weight is 374 g/mol. The SMILES string of the molecule is [B]P(P)O[C@@H]1C[C@@H]2OC(=O)C[C@@H]2C1/C=C/C(=O)CCc1ccccc1. The van der Waals surface area contributed by atoms with Gasteiger partial charge in [0.05, 0.1) is 12.5 Å². The fourth-order valence-corrected chi connectivity index (χ4v) is 4.66. The Kier molecular flexibility index (Phi) is 6.44. The van der Waals surface area contributed by atoms with Gasteiger partial charge >= 0.3 is 5.97 Å². The van der Waals surface area contributed by atoms with Gasteiger partial charge in [0.2, 0.25) is 0 Å².